The minimum absolute atomic E-state index is 0.228. The summed E-state index contributed by atoms with van der Waals surface area (Å²) < 4.78 is 0. The monoisotopic (exact) mass is 420 g/mol. The van der Waals surface area contributed by atoms with Crippen LogP contribution in [0.25, 0.3) is 0 Å². The van der Waals surface area contributed by atoms with Crippen LogP contribution < -0.4 is 0 Å². The Hall–Kier alpha value is -1.18. The van der Waals surface area contributed by atoms with E-state index in [1.165, 1.54) is 89.9 Å². The fraction of sp³-hybridized carbons (Fsp3) is 0.786. The van der Waals surface area contributed by atoms with Crippen molar-refractivity contribution < 1.29 is 10.2 Å². The SMILES string of the molecule is CCCC/C=C/CCCCCCC/C(O)=C(\O)CCCCCCC/C=C/CCCC. The van der Waals surface area contributed by atoms with Crippen LogP contribution in [-0.2, 0) is 0 Å². The second-order valence-corrected chi connectivity index (χ2v) is 8.73. The Labute approximate surface area is 188 Å². The molecule has 0 atom stereocenters. The first-order chi connectivity index (χ1) is 14.7. The molecule has 0 aromatic heterocycles. The summed E-state index contributed by atoms with van der Waals surface area (Å²) in [6.45, 7) is 4.47. The van der Waals surface area contributed by atoms with E-state index in [1.807, 2.05) is 0 Å². The Morgan fingerprint density at radius 3 is 1.10 bits per heavy atom. The summed E-state index contributed by atoms with van der Waals surface area (Å²) in [5.74, 6) is 0.456. The highest BCUT2D eigenvalue weighted by atomic mass is 16.3. The van der Waals surface area contributed by atoms with Gasteiger partial charge in [-0.15, -0.1) is 0 Å². The van der Waals surface area contributed by atoms with E-state index < -0.39 is 0 Å². The summed E-state index contributed by atoms with van der Waals surface area (Å²) in [6, 6.07) is 0. The van der Waals surface area contributed by atoms with E-state index in [4.69, 9.17) is 0 Å². The number of allylic oxidation sites excluding steroid dienone is 6. The van der Waals surface area contributed by atoms with E-state index in [0.29, 0.717) is 12.8 Å². The van der Waals surface area contributed by atoms with Crippen molar-refractivity contribution in [2.45, 2.75) is 142 Å². The Bertz CT molecular complexity index is 394. The van der Waals surface area contributed by atoms with Crippen LogP contribution >= 0.6 is 0 Å². The molecular weight excluding hydrogens is 368 g/mol. The first-order valence-corrected chi connectivity index (χ1v) is 13.1. The number of aliphatic hydroxyl groups excluding tert-OH is 2. The fourth-order valence-electron chi connectivity index (χ4n) is 3.57. The van der Waals surface area contributed by atoms with Gasteiger partial charge in [-0.3, -0.25) is 0 Å². The smallest absolute Gasteiger partial charge is 0.129 e. The summed E-state index contributed by atoms with van der Waals surface area (Å²) in [6.07, 6.45) is 32.3. The first-order valence-electron chi connectivity index (χ1n) is 13.1. The topological polar surface area (TPSA) is 40.5 Å². The standard InChI is InChI=1S/C28H52O2/c1-3-5-7-9-11-13-15-17-19-21-23-25-27(29)28(30)26-24-22-20-18-16-14-12-10-8-6-4-2/h9-12,29-30H,3-8,13-26H2,1-2H3/b11-9+,12-10+,28-27+. The molecule has 0 bridgehead atoms. The predicted octanol–water partition coefficient (Wildman–Crippen LogP) is 10.3. The third-order valence-electron chi connectivity index (χ3n) is 5.68. The van der Waals surface area contributed by atoms with Crippen LogP contribution in [0.15, 0.2) is 35.8 Å². The largest absolute Gasteiger partial charge is 0.509 e. The van der Waals surface area contributed by atoms with Crippen molar-refractivity contribution >= 4 is 0 Å². The average Bonchev–Trinajstić information content (AvgIpc) is 2.75. The molecule has 2 N–H and O–H groups in total. The zero-order chi connectivity index (χ0) is 22.1. The molecule has 2 nitrogen and oxygen atoms in total. The van der Waals surface area contributed by atoms with Crippen LogP contribution in [0.4, 0.5) is 0 Å². The molecule has 176 valence electrons. The lowest BCUT2D eigenvalue weighted by Gasteiger charge is -2.06. The van der Waals surface area contributed by atoms with Crippen LogP contribution in [0.3, 0.4) is 0 Å². The van der Waals surface area contributed by atoms with Crippen LogP contribution in [0.1, 0.15) is 142 Å². The van der Waals surface area contributed by atoms with E-state index >= 15 is 0 Å². The Balaban J connectivity index is 3.49. The zero-order valence-corrected chi connectivity index (χ0v) is 20.3. The number of aliphatic hydroxyl groups is 2. The normalized spacial score (nSPS) is 12.9. The fourth-order valence-corrected chi connectivity index (χ4v) is 3.57. The maximum atomic E-state index is 10.0. The molecule has 0 rings (SSSR count). The Morgan fingerprint density at radius 1 is 0.433 bits per heavy atom. The molecule has 0 aliphatic heterocycles. The van der Waals surface area contributed by atoms with Crippen molar-refractivity contribution in [3.8, 4) is 0 Å². The van der Waals surface area contributed by atoms with E-state index in [1.54, 1.807) is 0 Å². The highest BCUT2D eigenvalue weighted by molar-refractivity contribution is 4.98. The minimum atomic E-state index is 0.228. The molecule has 2 heteroatoms. The molecule has 0 spiro atoms. The lowest BCUT2D eigenvalue weighted by Crippen LogP contribution is -1.93. The first kappa shape index (κ1) is 28.8. The van der Waals surface area contributed by atoms with Gasteiger partial charge in [0.15, 0.2) is 0 Å². The molecule has 0 aromatic rings. The van der Waals surface area contributed by atoms with E-state index in [2.05, 4.69) is 38.2 Å². The summed E-state index contributed by atoms with van der Waals surface area (Å²) in [7, 11) is 0. The van der Waals surface area contributed by atoms with E-state index in [-0.39, 0.29) is 11.5 Å². The summed E-state index contributed by atoms with van der Waals surface area (Å²) >= 11 is 0. The van der Waals surface area contributed by atoms with Gasteiger partial charge in [-0.25, -0.2) is 0 Å². The van der Waals surface area contributed by atoms with Gasteiger partial charge >= 0.3 is 0 Å². The summed E-state index contributed by atoms with van der Waals surface area (Å²) in [4.78, 5) is 0. The molecule has 0 amide bonds. The molecule has 0 aliphatic rings. The summed E-state index contributed by atoms with van der Waals surface area (Å²) in [5, 5.41) is 20.1. The van der Waals surface area contributed by atoms with Gasteiger partial charge in [0.2, 0.25) is 0 Å². The number of unbranched alkanes of at least 4 members (excludes halogenated alkanes) is 14. The molecular formula is C28H52O2. The van der Waals surface area contributed by atoms with Crippen molar-refractivity contribution in [3.05, 3.63) is 35.8 Å². The lowest BCUT2D eigenvalue weighted by molar-refractivity contribution is 0.292. The molecule has 0 aliphatic carbocycles. The van der Waals surface area contributed by atoms with Gasteiger partial charge in [-0.1, -0.05) is 102 Å². The van der Waals surface area contributed by atoms with Gasteiger partial charge < -0.3 is 10.2 Å². The molecule has 0 fully saturated rings. The maximum Gasteiger partial charge on any atom is 0.129 e. The van der Waals surface area contributed by atoms with E-state index in [0.717, 1.165) is 25.7 Å². The van der Waals surface area contributed by atoms with Crippen molar-refractivity contribution in [2.24, 2.45) is 0 Å². The molecule has 0 saturated carbocycles. The molecule has 0 heterocycles. The molecule has 0 radical (unpaired) electrons. The Kier molecular flexibility index (Phi) is 23.1. The highest BCUT2D eigenvalue weighted by Gasteiger charge is 2.04. The average molecular weight is 421 g/mol. The van der Waals surface area contributed by atoms with Gasteiger partial charge in [0, 0.05) is 12.8 Å². The van der Waals surface area contributed by atoms with Crippen LogP contribution in [-0.4, -0.2) is 10.2 Å². The second-order valence-electron chi connectivity index (χ2n) is 8.73. The van der Waals surface area contributed by atoms with Crippen molar-refractivity contribution in [1.82, 2.24) is 0 Å². The van der Waals surface area contributed by atoms with Crippen molar-refractivity contribution in [3.63, 3.8) is 0 Å². The molecule has 0 aromatic carbocycles. The van der Waals surface area contributed by atoms with Gasteiger partial charge in [0.1, 0.15) is 11.5 Å². The van der Waals surface area contributed by atoms with Crippen LogP contribution in [0.2, 0.25) is 0 Å². The minimum Gasteiger partial charge on any atom is -0.509 e. The highest BCUT2D eigenvalue weighted by Crippen LogP contribution is 2.17. The molecule has 0 unspecified atom stereocenters. The van der Waals surface area contributed by atoms with Gasteiger partial charge in [-0.2, -0.15) is 0 Å². The van der Waals surface area contributed by atoms with Crippen LogP contribution in [0, 0.1) is 0 Å². The quantitative estimate of drug-likeness (QED) is 0.104. The Morgan fingerprint density at radius 2 is 0.733 bits per heavy atom. The third kappa shape index (κ3) is 21.5. The van der Waals surface area contributed by atoms with Gasteiger partial charge in [-0.05, 0) is 51.4 Å². The molecule has 30 heavy (non-hydrogen) atoms. The predicted molar refractivity (Wildman–Crippen MR) is 134 cm³/mol. The molecule has 0 saturated heterocycles. The van der Waals surface area contributed by atoms with Crippen molar-refractivity contribution in [2.75, 3.05) is 0 Å². The second kappa shape index (κ2) is 24.1. The van der Waals surface area contributed by atoms with E-state index in [9.17, 15) is 10.2 Å². The zero-order valence-electron chi connectivity index (χ0n) is 20.3. The number of rotatable bonds is 22. The van der Waals surface area contributed by atoms with Gasteiger partial charge in [0.05, 0.1) is 0 Å². The van der Waals surface area contributed by atoms with Crippen LogP contribution in [0.5, 0.6) is 0 Å². The maximum absolute atomic E-state index is 10.0. The third-order valence-corrected chi connectivity index (χ3v) is 5.68. The number of hydrogen-bond donors (Lipinski definition) is 2. The lowest BCUT2D eigenvalue weighted by atomic mass is 10.1. The summed E-state index contributed by atoms with van der Waals surface area (Å²) in [5.41, 5.74) is 0. The van der Waals surface area contributed by atoms with Gasteiger partial charge in [0.25, 0.3) is 0 Å². The number of hydrogen-bond acceptors (Lipinski definition) is 2. The van der Waals surface area contributed by atoms with Crippen molar-refractivity contribution in [1.29, 1.82) is 0 Å².